The molecule has 0 bridgehead atoms. The molecule has 0 saturated carbocycles. The van der Waals surface area contributed by atoms with Crippen LogP contribution in [0.2, 0.25) is 0 Å². The zero-order chi connectivity index (χ0) is 18.4. The Hall–Kier alpha value is -2.13. The second-order valence-electron chi connectivity index (χ2n) is 4.75. The highest BCUT2D eigenvalue weighted by Gasteiger charge is 2.16. The SMILES string of the molecule is CCOC(=O)c1ccc(S(=O)(=O)Nc2ccc(SC(F)F)cc2)cc1. The molecule has 0 heterocycles. The van der Waals surface area contributed by atoms with Crippen molar-refractivity contribution in [2.75, 3.05) is 11.3 Å². The standard InChI is InChI=1S/C16H15F2NO4S2/c1-2-23-15(20)11-3-9-14(10-4-11)25(21,22)19-12-5-7-13(8-6-12)24-16(17)18/h3-10,16,19H,2H2,1H3. The van der Waals surface area contributed by atoms with Gasteiger partial charge < -0.3 is 4.74 Å². The maximum absolute atomic E-state index is 12.3. The van der Waals surface area contributed by atoms with Gasteiger partial charge in [0.1, 0.15) is 0 Å². The Bertz CT molecular complexity index is 822. The summed E-state index contributed by atoms with van der Waals surface area (Å²) in [6.45, 7) is 1.89. The molecule has 0 atom stereocenters. The molecule has 0 aromatic heterocycles. The Morgan fingerprint density at radius 3 is 2.24 bits per heavy atom. The Balaban J connectivity index is 2.12. The van der Waals surface area contributed by atoms with E-state index in [2.05, 4.69) is 4.72 Å². The number of benzene rings is 2. The molecule has 1 N–H and O–H groups in total. The van der Waals surface area contributed by atoms with Crippen LogP contribution in [0, 0.1) is 0 Å². The van der Waals surface area contributed by atoms with Gasteiger partial charge in [-0.3, -0.25) is 4.72 Å². The Kier molecular flexibility index (Phi) is 6.38. The number of carbonyl (C=O) groups is 1. The molecular weight excluding hydrogens is 372 g/mol. The van der Waals surface area contributed by atoms with Crippen molar-refractivity contribution < 1.29 is 26.7 Å². The summed E-state index contributed by atoms with van der Waals surface area (Å²) in [5, 5.41) is 0. The predicted molar refractivity (Wildman–Crippen MR) is 91.5 cm³/mol. The fraction of sp³-hybridized carbons (Fsp3) is 0.188. The van der Waals surface area contributed by atoms with E-state index in [0.29, 0.717) is 16.7 Å². The maximum atomic E-state index is 12.3. The van der Waals surface area contributed by atoms with E-state index >= 15 is 0 Å². The molecular formula is C16H15F2NO4S2. The van der Waals surface area contributed by atoms with E-state index in [1.165, 1.54) is 48.5 Å². The second-order valence-corrected chi connectivity index (χ2v) is 7.50. The molecule has 134 valence electrons. The molecule has 0 aliphatic heterocycles. The summed E-state index contributed by atoms with van der Waals surface area (Å²) in [4.78, 5) is 11.9. The Labute approximate surface area is 148 Å². The van der Waals surface area contributed by atoms with Crippen molar-refractivity contribution in [1.82, 2.24) is 0 Å². The smallest absolute Gasteiger partial charge is 0.338 e. The third-order valence-corrected chi connectivity index (χ3v) is 5.13. The lowest BCUT2D eigenvalue weighted by Crippen LogP contribution is -2.13. The molecule has 0 radical (unpaired) electrons. The van der Waals surface area contributed by atoms with Crippen molar-refractivity contribution in [1.29, 1.82) is 0 Å². The van der Waals surface area contributed by atoms with Crippen LogP contribution in [0.15, 0.2) is 58.3 Å². The van der Waals surface area contributed by atoms with Crippen molar-refractivity contribution >= 4 is 33.4 Å². The largest absolute Gasteiger partial charge is 0.462 e. The van der Waals surface area contributed by atoms with Gasteiger partial charge in [-0.25, -0.2) is 13.2 Å². The summed E-state index contributed by atoms with van der Waals surface area (Å²) < 4.78 is 56.4. The number of halogens is 2. The van der Waals surface area contributed by atoms with Gasteiger partial charge in [-0.2, -0.15) is 8.78 Å². The van der Waals surface area contributed by atoms with Gasteiger partial charge in [0.15, 0.2) is 0 Å². The first-order valence-electron chi connectivity index (χ1n) is 7.16. The van der Waals surface area contributed by atoms with E-state index in [0.717, 1.165) is 0 Å². The maximum Gasteiger partial charge on any atom is 0.338 e. The summed E-state index contributed by atoms with van der Waals surface area (Å²) in [6.07, 6.45) is 0. The number of hydrogen-bond acceptors (Lipinski definition) is 5. The Morgan fingerprint density at radius 1 is 1.12 bits per heavy atom. The molecule has 2 aromatic carbocycles. The van der Waals surface area contributed by atoms with Gasteiger partial charge in [-0.05, 0) is 55.5 Å². The number of hydrogen-bond donors (Lipinski definition) is 1. The van der Waals surface area contributed by atoms with Gasteiger partial charge in [0.2, 0.25) is 0 Å². The van der Waals surface area contributed by atoms with Gasteiger partial charge >= 0.3 is 5.97 Å². The van der Waals surface area contributed by atoms with Gasteiger partial charge in [0.05, 0.1) is 17.1 Å². The summed E-state index contributed by atoms with van der Waals surface area (Å²) >= 11 is 0.375. The van der Waals surface area contributed by atoms with E-state index in [-0.39, 0.29) is 22.8 Å². The Morgan fingerprint density at radius 2 is 1.72 bits per heavy atom. The second kappa shape index (κ2) is 8.30. The molecule has 0 fully saturated rings. The lowest BCUT2D eigenvalue weighted by molar-refractivity contribution is 0.0526. The molecule has 5 nitrogen and oxygen atoms in total. The van der Waals surface area contributed by atoms with Crippen molar-refractivity contribution in [3.05, 3.63) is 54.1 Å². The summed E-state index contributed by atoms with van der Waals surface area (Å²) in [5.74, 6) is -3.08. The third kappa shape index (κ3) is 5.43. The number of rotatable bonds is 7. The van der Waals surface area contributed by atoms with Crippen LogP contribution in [0.5, 0.6) is 0 Å². The summed E-state index contributed by atoms with van der Waals surface area (Å²) in [6, 6.07) is 10.9. The molecule has 9 heteroatoms. The molecule has 0 amide bonds. The lowest BCUT2D eigenvalue weighted by atomic mass is 10.2. The van der Waals surface area contributed by atoms with Gasteiger partial charge in [-0.15, -0.1) is 0 Å². The number of alkyl halides is 2. The zero-order valence-corrected chi connectivity index (χ0v) is 14.7. The average Bonchev–Trinajstić information content (AvgIpc) is 2.56. The van der Waals surface area contributed by atoms with Crippen LogP contribution in [-0.4, -0.2) is 26.8 Å². The molecule has 25 heavy (non-hydrogen) atoms. The average molecular weight is 387 g/mol. The van der Waals surface area contributed by atoms with Crippen LogP contribution in [0.4, 0.5) is 14.5 Å². The highest BCUT2D eigenvalue weighted by molar-refractivity contribution is 7.99. The van der Waals surface area contributed by atoms with E-state index in [9.17, 15) is 22.0 Å². The predicted octanol–water partition coefficient (Wildman–Crippen LogP) is 3.98. The first-order chi connectivity index (χ1) is 11.8. The molecule has 2 rings (SSSR count). The molecule has 0 saturated heterocycles. The molecule has 2 aromatic rings. The first kappa shape index (κ1) is 19.2. The molecule has 0 spiro atoms. The van der Waals surface area contributed by atoms with Gasteiger partial charge in [0, 0.05) is 10.6 Å². The van der Waals surface area contributed by atoms with Crippen LogP contribution in [-0.2, 0) is 14.8 Å². The zero-order valence-electron chi connectivity index (χ0n) is 13.1. The van der Waals surface area contributed by atoms with Crippen molar-refractivity contribution in [3.8, 4) is 0 Å². The number of nitrogens with one attached hydrogen (secondary N) is 1. The minimum atomic E-state index is -3.86. The molecule has 0 unspecified atom stereocenters. The van der Waals surface area contributed by atoms with E-state index in [4.69, 9.17) is 4.74 Å². The molecule has 0 aliphatic rings. The molecule has 0 aliphatic carbocycles. The van der Waals surface area contributed by atoms with E-state index in [1.807, 2.05) is 0 Å². The monoisotopic (exact) mass is 387 g/mol. The number of sulfonamides is 1. The van der Waals surface area contributed by atoms with Crippen LogP contribution in [0.1, 0.15) is 17.3 Å². The first-order valence-corrected chi connectivity index (χ1v) is 9.53. The van der Waals surface area contributed by atoms with Crippen LogP contribution >= 0.6 is 11.8 Å². The van der Waals surface area contributed by atoms with Crippen molar-refractivity contribution in [2.45, 2.75) is 22.5 Å². The number of carbonyl (C=O) groups excluding carboxylic acids is 1. The fourth-order valence-corrected chi connectivity index (χ4v) is 3.46. The number of anilines is 1. The van der Waals surface area contributed by atoms with Crippen LogP contribution in [0.3, 0.4) is 0 Å². The van der Waals surface area contributed by atoms with Gasteiger partial charge in [0.25, 0.3) is 15.8 Å². The fourth-order valence-electron chi connectivity index (χ4n) is 1.90. The highest BCUT2D eigenvalue weighted by atomic mass is 32.2. The van der Waals surface area contributed by atoms with E-state index in [1.54, 1.807) is 6.92 Å². The van der Waals surface area contributed by atoms with Crippen molar-refractivity contribution in [3.63, 3.8) is 0 Å². The van der Waals surface area contributed by atoms with Crippen molar-refractivity contribution in [2.24, 2.45) is 0 Å². The highest BCUT2D eigenvalue weighted by Crippen LogP contribution is 2.27. The van der Waals surface area contributed by atoms with Crippen LogP contribution < -0.4 is 4.72 Å². The van der Waals surface area contributed by atoms with Gasteiger partial charge in [-0.1, -0.05) is 11.8 Å². The topological polar surface area (TPSA) is 72.5 Å². The number of thioether (sulfide) groups is 1. The minimum Gasteiger partial charge on any atom is -0.462 e. The quantitative estimate of drug-likeness (QED) is 0.575. The van der Waals surface area contributed by atoms with Crippen LogP contribution in [0.25, 0.3) is 0 Å². The number of esters is 1. The third-order valence-electron chi connectivity index (χ3n) is 3.01. The lowest BCUT2D eigenvalue weighted by Gasteiger charge is -2.09. The summed E-state index contributed by atoms with van der Waals surface area (Å²) in [5.41, 5.74) is 0.488. The minimum absolute atomic E-state index is 0.0356. The van der Waals surface area contributed by atoms with E-state index < -0.39 is 21.8 Å². The number of ether oxygens (including phenoxy) is 1. The summed E-state index contributed by atoms with van der Waals surface area (Å²) in [7, 11) is -3.86. The normalized spacial score (nSPS) is 11.4.